The third-order valence-electron chi connectivity index (χ3n) is 5.09. The fourth-order valence-corrected chi connectivity index (χ4v) is 4.24. The fourth-order valence-electron chi connectivity index (χ4n) is 4.24. The molecule has 1 atom stereocenters. The van der Waals surface area contributed by atoms with Gasteiger partial charge in [0.15, 0.2) is 0 Å². The Labute approximate surface area is 115 Å². The van der Waals surface area contributed by atoms with Crippen molar-refractivity contribution in [3.63, 3.8) is 0 Å². The van der Waals surface area contributed by atoms with Gasteiger partial charge in [0.25, 0.3) is 0 Å². The molecule has 1 aromatic carbocycles. The van der Waals surface area contributed by atoms with Crippen molar-refractivity contribution in [3.8, 4) is 0 Å². The Kier molecular flexibility index (Phi) is 3.12. The van der Waals surface area contributed by atoms with Crippen molar-refractivity contribution in [3.05, 3.63) is 35.4 Å². The van der Waals surface area contributed by atoms with Gasteiger partial charge in [0.05, 0.1) is 0 Å². The maximum absolute atomic E-state index is 12.2. The van der Waals surface area contributed by atoms with E-state index < -0.39 is 0 Å². The summed E-state index contributed by atoms with van der Waals surface area (Å²) >= 11 is 0. The van der Waals surface area contributed by atoms with Gasteiger partial charge < -0.3 is 4.90 Å². The number of hydrogen-bond donors (Lipinski definition) is 0. The second kappa shape index (κ2) is 4.66. The Morgan fingerprint density at radius 2 is 1.95 bits per heavy atom. The minimum absolute atomic E-state index is 0.129. The zero-order valence-corrected chi connectivity index (χ0v) is 12.0. The lowest BCUT2D eigenvalue weighted by Crippen LogP contribution is -2.48. The van der Waals surface area contributed by atoms with Crippen molar-refractivity contribution in [2.45, 2.75) is 64.0 Å². The molecule has 102 valence electrons. The second-order valence-corrected chi connectivity index (χ2v) is 6.34. The van der Waals surface area contributed by atoms with Crippen molar-refractivity contribution in [1.82, 2.24) is 4.90 Å². The SMILES string of the molecule is CC(=O)N1Cc2ccccc2[C@@H](C)CC12CCCC2. The van der Waals surface area contributed by atoms with Crippen molar-refractivity contribution < 1.29 is 4.79 Å². The molecule has 0 radical (unpaired) electrons. The predicted octanol–water partition coefficient (Wildman–Crippen LogP) is 3.86. The normalized spacial score (nSPS) is 25.2. The molecule has 1 saturated carbocycles. The van der Waals surface area contributed by atoms with Crippen molar-refractivity contribution in [1.29, 1.82) is 0 Å². The van der Waals surface area contributed by atoms with E-state index in [1.807, 2.05) is 0 Å². The molecule has 1 amide bonds. The first-order chi connectivity index (χ1) is 9.12. The molecule has 2 heteroatoms. The number of benzene rings is 1. The summed E-state index contributed by atoms with van der Waals surface area (Å²) in [5.74, 6) is 0.796. The highest BCUT2D eigenvalue weighted by atomic mass is 16.2. The summed E-state index contributed by atoms with van der Waals surface area (Å²) < 4.78 is 0. The van der Waals surface area contributed by atoms with Crippen LogP contribution in [0.3, 0.4) is 0 Å². The number of nitrogens with zero attached hydrogens (tertiary/aromatic N) is 1. The van der Waals surface area contributed by atoms with E-state index >= 15 is 0 Å². The van der Waals surface area contributed by atoms with Crippen LogP contribution in [0.25, 0.3) is 0 Å². The average Bonchev–Trinajstić information content (AvgIpc) is 2.80. The van der Waals surface area contributed by atoms with Crippen molar-refractivity contribution in [2.24, 2.45) is 0 Å². The van der Waals surface area contributed by atoms with Crippen LogP contribution in [-0.4, -0.2) is 16.3 Å². The largest absolute Gasteiger partial charge is 0.333 e. The van der Waals surface area contributed by atoms with Gasteiger partial charge in [-0.05, 0) is 36.3 Å². The molecular formula is C17H23NO. The topological polar surface area (TPSA) is 20.3 Å². The first kappa shape index (κ1) is 12.7. The van der Waals surface area contributed by atoms with Gasteiger partial charge in [-0.3, -0.25) is 4.79 Å². The average molecular weight is 257 g/mol. The number of fused-ring (bicyclic) bond motifs is 1. The van der Waals surface area contributed by atoms with Crippen LogP contribution in [0, 0.1) is 0 Å². The lowest BCUT2D eigenvalue weighted by molar-refractivity contribution is -0.136. The van der Waals surface area contributed by atoms with E-state index in [4.69, 9.17) is 0 Å². The van der Waals surface area contributed by atoms with Gasteiger partial charge >= 0.3 is 0 Å². The highest BCUT2D eigenvalue weighted by Crippen LogP contribution is 2.46. The lowest BCUT2D eigenvalue weighted by atomic mass is 9.83. The highest BCUT2D eigenvalue weighted by molar-refractivity contribution is 5.74. The number of carbonyl (C=O) groups is 1. The van der Waals surface area contributed by atoms with E-state index in [-0.39, 0.29) is 11.4 Å². The molecule has 1 aliphatic carbocycles. The summed E-state index contributed by atoms with van der Waals surface area (Å²) in [6.45, 7) is 4.86. The molecule has 1 spiro atoms. The van der Waals surface area contributed by atoms with Crippen LogP contribution >= 0.6 is 0 Å². The van der Waals surface area contributed by atoms with Gasteiger partial charge in [-0.15, -0.1) is 0 Å². The zero-order chi connectivity index (χ0) is 13.5. The summed E-state index contributed by atoms with van der Waals surface area (Å²) in [5.41, 5.74) is 2.91. The van der Waals surface area contributed by atoms with Crippen LogP contribution in [0.4, 0.5) is 0 Å². The molecule has 0 bridgehead atoms. The van der Waals surface area contributed by atoms with Gasteiger partial charge in [0, 0.05) is 19.0 Å². The summed E-state index contributed by atoms with van der Waals surface area (Å²) in [6, 6.07) is 8.65. The van der Waals surface area contributed by atoms with Gasteiger partial charge in [0.2, 0.25) is 5.91 Å². The molecule has 0 unspecified atom stereocenters. The number of hydrogen-bond acceptors (Lipinski definition) is 1. The Morgan fingerprint density at radius 1 is 1.26 bits per heavy atom. The maximum atomic E-state index is 12.2. The Morgan fingerprint density at radius 3 is 2.63 bits per heavy atom. The Hall–Kier alpha value is -1.31. The smallest absolute Gasteiger partial charge is 0.220 e. The first-order valence-electron chi connectivity index (χ1n) is 7.48. The Balaban J connectivity index is 2.05. The summed E-state index contributed by atoms with van der Waals surface area (Å²) in [7, 11) is 0. The van der Waals surface area contributed by atoms with Crippen LogP contribution in [-0.2, 0) is 11.3 Å². The number of amides is 1. The molecule has 3 rings (SSSR count). The van der Waals surface area contributed by atoms with Gasteiger partial charge in [-0.2, -0.15) is 0 Å². The second-order valence-electron chi connectivity index (χ2n) is 6.34. The Bertz CT molecular complexity index is 488. The lowest BCUT2D eigenvalue weighted by Gasteiger charge is -2.40. The molecular weight excluding hydrogens is 234 g/mol. The summed E-state index contributed by atoms with van der Waals surface area (Å²) in [4.78, 5) is 14.3. The van der Waals surface area contributed by atoms with E-state index in [0.29, 0.717) is 5.92 Å². The zero-order valence-electron chi connectivity index (χ0n) is 12.0. The van der Waals surface area contributed by atoms with Crippen LogP contribution in [0.1, 0.15) is 63.0 Å². The van der Waals surface area contributed by atoms with Crippen molar-refractivity contribution in [2.75, 3.05) is 0 Å². The third-order valence-corrected chi connectivity index (χ3v) is 5.09. The predicted molar refractivity (Wildman–Crippen MR) is 76.9 cm³/mol. The summed E-state index contributed by atoms with van der Waals surface area (Å²) in [5, 5.41) is 0. The van der Waals surface area contributed by atoms with E-state index in [2.05, 4.69) is 36.1 Å². The van der Waals surface area contributed by atoms with E-state index in [1.165, 1.54) is 36.8 Å². The highest BCUT2D eigenvalue weighted by Gasteiger charge is 2.44. The van der Waals surface area contributed by atoms with Crippen LogP contribution in [0.2, 0.25) is 0 Å². The van der Waals surface area contributed by atoms with Gasteiger partial charge in [0.1, 0.15) is 0 Å². The summed E-state index contributed by atoms with van der Waals surface area (Å²) in [6.07, 6.45) is 6.04. The van der Waals surface area contributed by atoms with Gasteiger partial charge in [-0.1, -0.05) is 44.0 Å². The van der Waals surface area contributed by atoms with E-state index in [0.717, 1.165) is 13.0 Å². The molecule has 2 nitrogen and oxygen atoms in total. The minimum atomic E-state index is 0.129. The molecule has 2 aliphatic rings. The van der Waals surface area contributed by atoms with Gasteiger partial charge in [-0.25, -0.2) is 0 Å². The first-order valence-corrected chi connectivity index (χ1v) is 7.48. The van der Waals surface area contributed by atoms with Crippen LogP contribution in [0.5, 0.6) is 0 Å². The number of carbonyl (C=O) groups excluding carboxylic acids is 1. The molecule has 1 aromatic rings. The molecule has 0 saturated heterocycles. The van der Waals surface area contributed by atoms with Crippen molar-refractivity contribution >= 4 is 5.91 Å². The van der Waals surface area contributed by atoms with E-state index in [1.54, 1.807) is 6.92 Å². The maximum Gasteiger partial charge on any atom is 0.220 e. The molecule has 0 N–H and O–H groups in total. The monoisotopic (exact) mass is 257 g/mol. The quantitative estimate of drug-likeness (QED) is 0.691. The minimum Gasteiger partial charge on any atom is -0.333 e. The molecule has 1 fully saturated rings. The molecule has 1 heterocycles. The molecule has 19 heavy (non-hydrogen) atoms. The number of rotatable bonds is 0. The molecule has 0 aromatic heterocycles. The van der Waals surface area contributed by atoms with Crippen LogP contribution < -0.4 is 0 Å². The third kappa shape index (κ3) is 2.07. The standard InChI is InChI=1S/C17H23NO/c1-13-11-17(9-5-6-10-17)18(14(2)19)12-15-7-3-4-8-16(13)15/h3-4,7-8,13H,5-6,9-12H2,1-2H3/t13-/m0/s1. The molecule has 1 aliphatic heterocycles. The fraction of sp³-hybridized carbons (Fsp3) is 0.588. The van der Waals surface area contributed by atoms with Crippen LogP contribution in [0.15, 0.2) is 24.3 Å². The van der Waals surface area contributed by atoms with E-state index in [9.17, 15) is 4.79 Å².